The van der Waals surface area contributed by atoms with Crippen LogP contribution in [0.4, 0.5) is 4.39 Å². The van der Waals surface area contributed by atoms with Crippen molar-refractivity contribution in [2.45, 2.75) is 58.1 Å². The van der Waals surface area contributed by atoms with Gasteiger partial charge in [0.05, 0.1) is 24.7 Å². The van der Waals surface area contributed by atoms with Crippen LogP contribution in [0, 0.1) is 5.82 Å². The van der Waals surface area contributed by atoms with E-state index in [4.69, 9.17) is 0 Å². The SMILES string of the molecule is CC(C)(C)c1cc(F)c2c(=O)n(Cc3ccc(C4CCNC(=O)C4)cc3CO)ncc2c1. The van der Waals surface area contributed by atoms with Crippen molar-refractivity contribution in [3.05, 3.63) is 75.0 Å². The molecule has 0 aliphatic carbocycles. The number of benzene rings is 2. The van der Waals surface area contributed by atoms with Gasteiger partial charge in [0, 0.05) is 18.4 Å². The number of aliphatic hydroxyl groups is 1. The van der Waals surface area contributed by atoms with Crippen LogP contribution in [0.5, 0.6) is 0 Å². The molecule has 1 aromatic heterocycles. The maximum atomic E-state index is 14.9. The molecule has 7 heteroatoms. The highest BCUT2D eigenvalue weighted by Gasteiger charge is 2.22. The summed E-state index contributed by atoms with van der Waals surface area (Å²) in [5, 5.41) is 17.5. The van der Waals surface area contributed by atoms with Crippen molar-refractivity contribution >= 4 is 16.7 Å². The maximum Gasteiger partial charge on any atom is 0.277 e. The van der Waals surface area contributed by atoms with Gasteiger partial charge in [-0.3, -0.25) is 9.59 Å². The van der Waals surface area contributed by atoms with Crippen LogP contribution in [-0.2, 0) is 23.4 Å². The zero-order chi connectivity index (χ0) is 23.0. The molecular formula is C25H28FN3O3. The lowest BCUT2D eigenvalue weighted by molar-refractivity contribution is -0.122. The second-order valence-electron chi connectivity index (χ2n) is 9.51. The van der Waals surface area contributed by atoms with Crippen LogP contribution >= 0.6 is 0 Å². The first-order valence-electron chi connectivity index (χ1n) is 10.9. The number of hydrogen-bond acceptors (Lipinski definition) is 4. The van der Waals surface area contributed by atoms with E-state index in [-0.39, 0.29) is 35.8 Å². The van der Waals surface area contributed by atoms with Crippen LogP contribution in [-0.4, -0.2) is 27.3 Å². The van der Waals surface area contributed by atoms with Gasteiger partial charge in [-0.05, 0) is 52.1 Å². The standard InChI is InChI=1S/C25H28FN3O3/c1-25(2,3)20-9-18-12-28-29(24(32)23(18)21(26)11-20)13-17-5-4-15(8-19(17)14-30)16-6-7-27-22(31)10-16/h4-5,8-9,11-12,16,30H,6-7,10,13-14H2,1-3H3,(H,27,31). The van der Waals surface area contributed by atoms with Gasteiger partial charge in [-0.1, -0.05) is 39.0 Å². The molecular weight excluding hydrogens is 409 g/mol. The van der Waals surface area contributed by atoms with Crippen molar-refractivity contribution in [3.63, 3.8) is 0 Å². The molecule has 0 saturated carbocycles. The Hall–Kier alpha value is -3.06. The number of fused-ring (bicyclic) bond motifs is 1. The Morgan fingerprint density at radius 2 is 1.97 bits per heavy atom. The first kappa shape index (κ1) is 22.1. The van der Waals surface area contributed by atoms with Gasteiger partial charge < -0.3 is 10.4 Å². The normalized spacial score (nSPS) is 16.9. The van der Waals surface area contributed by atoms with E-state index in [0.717, 1.165) is 23.1 Å². The number of nitrogens with zero attached hydrogens (tertiary/aromatic N) is 2. The second kappa shape index (κ2) is 8.47. The van der Waals surface area contributed by atoms with Crippen LogP contribution in [0.1, 0.15) is 61.8 Å². The Morgan fingerprint density at radius 3 is 2.66 bits per heavy atom. The predicted molar refractivity (Wildman–Crippen MR) is 121 cm³/mol. The van der Waals surface area contributed by atoms with Gasteiger partial charge in [0.2, 0.25) is 5.91 Å². The monoisotopic (exact) mass is 437 g/mol. The lowest BCUT2D eigenvalue weighted by Gasteiger charge is -2.23. The molecule has 4 rings (SSSR count). The van der Waals surface area contributed by atoms with Crippen molar-refractivity contribution in [1.29, 1.82) is 0 Å². The Labute approximate surface area is 186 Å². The average molecular weight is 438 g/mol. The molecule has 2 heterocycles. The molecule has 1 amide bonds. The van der Waals surface area contributed by atoms with Crippen molar-refractivity contribution < 1.29 is 14.3 Å². The van der Waals surface area contributed by atoms with Crippen LogP contribution in [0.2, 0.25) is 0 Å². The number of carbonyl (C=O) groups is 1. The summed E-state index contributed by atoms with van der Waals surface area (Å²) in [5.41, 5.74) is 2.45. The second-order valence-corrected chi connectivity index (χ2v) is 9.51. The molecule has 1 atom stereocenters. The number of nitrogens with one attached hydrogen (secondary N) is 1. The molecule has 3 aromatic rings. The fourth-order valence-corrected chi connectivity index (χ4v) is 4.25. The third-order valence-electron chi connectivity index (χ3n) is 6.21. The summed E-state index contributed by atoms with van der Waals surface area (Å²) in [7, 11) is 0. The zero-order valence-electron chi connectivity index (χ0n) is 18.6. The topological polar surface area (TPSA) is 84.2 Å². The fraction of sp³-hybridized carbons (Fsp3) is 0.400. The van der Waals surface area contributed by atoms with Crippen LogP contribution in [0.25, 0.3) is 10.8 Å². The van der Waals surface area contributed by atoms with E-state index in [1.807, 2.05) is 45.0 Å². The summed E-state index contributed by atoms with van der Waals surface area (Å²) in [4.78, 5) is 24.7. The minimum absolute atomic E-state index is 0.0170. The molecule has 6 nitrogen and oxygen atoms in total. The molecule has 2 N–H and O–H groups in total. The van der Waals surface area contributed by atoms with Crippen molar-refractivity contribution in [2.24, 2.45) is 0 Å². The lowest BCUT2D eigenvalue weighted by Crippen LogP contribution is -2.32. The summed E-state index contributed by atoms with van der Waals surface area (Å²) >= 11 is 0. The highest BCUT2D eigenvalue weighted by Crippen LogP contribution is 2.29. The number of carbonyl (C=O) groups excluding carboxylic acids is 1. The largest absolute Gasteiger partial charge is 0.392 e. The Kier molecular flexibility index (Phi) is 5.86. The van der Waals surface area contributed by atoms with E-state index in [1.165, 1.54) is 16.9 Å². The molecule has 0 radical (unpaired) electrons. The molecule has 0 spiro atoms. The Morgan fingerprint density at radius 1 is 1.19 bits per heavy atom. The highest BCUT2D eigenvalue weighted by molar-refractivity contribution is 5.82. The molecule has 2 aromatic carbocycles. The van der Waals surface area contributed by atoms with Crippen molar-refractivity contribution in [2.75, 3.05) is 6.54 Å². The third-order valence-corrected chi connectivity index (χ3v) is 6.21. The number of aliphatic hydroxyl groups excluding tert-OH is 1. The van der Waals surface area contributed by atoms with Crippen LogP contribution in [0.15, 0.2) is 41.3 Å². The van der Waals surface area contributed by atoms with E-state index in [9.17, 15) is 19.1 Å². The van der Waals surface area contributed by atoms with Crippen LogP contribution < -0.4 is 10.9 Å². The number of halogens is 1. The van der Waals surface area contributed by atoms with Crippen LogP contribution in [0.3, 0.4) is 0 Å². The van der Waals surface area contributed by atoms with Crippen molar-refractivity contribution in [1.82, 2.24) is 15.1 Å². The molecule has 0 bridgehead atoms. The molecule has 168 valence electrons. The summed E-state index contributed by atoms with van der Waals surface area (Å²) in [6, 6.07) is 8.90. The first-order valence-corrected chi connectivity index (χ1v) is 10.9. The summed E-state index contributed by atoms with van der Waals surface area (Å²) in [5.74, 6) is -0.419. The molecule has 1 aliphatic rings. The third kappa shape index (κ3) is 4.30. The van der Waals surface area contributed by atoms with E-state index in [0.29, 0.717) is 23.9 Å². The number of piperidine rings is 1. The van der Waals surface area contributed by atoms with Gasteiger partial charge in [0.15, 0.2) is 0 Å². The maximum absolute atomic E-state index is 14.9. The predicted octanol–water partition coefficient (Wildman–Crippen LogP) is 3.37. The van der Waals surface area contributed by atoms with E-state index >= 15 is 0 Å². The van der Waals surface area contributed by atoms with E-state index < -0.39 is 11.4 Å². The summed E-state index contributed by atoms with van der Waals surface area (Å²) in [6.45, 7) is 6.52. The van der Waals surface area contributed by atoms with Gasteiger partial charge in [-0.25, -0.2) is 9.07 Å². The minimum Gasteiger partial charge on any atom is -0.392 e. The fourth-order valence-electron chi connectivity index (χ4n) is 4.25. The lowest BCUT2D eigenvalue weighted by atomic mass is 9.86. The van der Waals surface area contributed by atoms with Gasteiger partial charge in [0.1, 0.15) is 5.82 Å². The molecule has 1 unspecified atom stereocenters. The first-order chi connectivity index (χ1) is 15.2. The van der Waals surface area contributed by atoms with Gasteiger partial charge in [0.25, 0.3) is 5.56 Å². The van der Waals surface area contributed by atoms with Gasteiger partial charge in [-0.2, -0.15) is 5.10 Å². The quantitative estimate of drug-likeness (QED) is 0.656. The Balaban J connectivity index is 1.68. The minimum atomic E-state index is -0.554. The van der Waals surface area contributed by atoms with E-state index in [1.54, 1.807) is 0 Å². The number of hydrogen-bond donors (Lipinski definition) is 2. The molecule has 1 fully saturated rings. The average Bonchev–Trinajstić information content (AvgIpc) is 2.75. The molecule has 1 aliphatic heterocycles. The van der Waals surface area contributed by atoms with Gasteiger partial charge >= 0.3 is 0 Å². The Bertz CT molecular complexity index is 1240. The summed E-state index contributed by atoms with van der Waals surface area (Å²) in [6.07, 6.45) is 2.78. The number of aromatic nitrogens is 2. The summed E-state index contributed by atoms with van der Waals surface area (Å²) < 4.78 is 16.1. The number of rotatable bonds is 4. The van der Waals surface area contributed by atoms with E-state index in [2.05, 4.69) is 10.4 Å². The molecule has 1 saturated heterocycles. The number of amides is 1. The smallest absolute Gasteiger partial charge is 0.277 e. The molecule has 32 heavy (non-hydrogen) atoms. The highest BCUT2D eigenvalue weighted by atomic mass is 19.1. The van der Waals surface area contributed by atoms with Crippen molar-refractivity contribution in [3.8, 4) is 0 Å². The van der Waals surface area contributed by atoms with Gasteiger partial charge in [-0.15, -0.1) is 0 Å². The zero-order valence-corrected chi connectivity index (χ0v) is 18.6.